The zero-order valence-electron chi connectivity index (χ0n) is 18.2. The van der Waals surface area contributed by atoms with Crippen molar-refractivity contribution in [2.75, 3.05) is 11.9 Å². The molecule has 3 aromatic rings. The van der Waals surface area contributed by atoms with E-state index in [9.17, 15) is 4.79 Å². The molecule has 1 amide bonds. The highest BCUT2D eigenvalue weighted by Crippen LogP contribution is 2.59. The molecule has 0 saturated carbocycles. The molecule has 1 N–H and O–H groups in total. The molecule has 0 radical (unpaired) electrons. The molecule has 0 fully saturated rings. The molecule has 6 rings (SSSR count). The van der Waals surface area contributed by atoms with E-state index in [0.717, 1.165) is 24.3 Å². The molecule has 3 aliphatic rings. The molecule has 0 heterocycles. The number of hydrogen-bond donors (Lipinski definition) is 1. The summed E-state index contributed by atoms with van der Waals surface area (Å²) < 4.78 is 5.54. The van der Waals surface area contributed by atoms with Gasteiger partial charge in [0.05, 0.1) is 12.5 Å². The van der Waals surface area contributed by atoms with E-state index < -0.39 is 0 Å². The van der Waals surface area contributed by atoms with Crippen LogP contribution in [0.2, 0.25) is 0 Å². The molecule has 31 heavy (non-hydrogen) atoms. The molecule has 3 heteroatoms. The van der Waals surface area contributed by atoms with Crippen LogP contribution in [-0.2, 0) is 4.79 Å². The van der Waals surface area contributed by atoms with Crippen LogP contribution in [0.1, 0.15) is 60.8 Å². The fraction of sp³-hybridized carbons (Fsp3) is 0.321. The molecule has 3 nitrogen and oxygen atoms in total. The van der Waals surface area contributed by atoms with Crippen LogP contribution in [0.25, 0.3) is 0 Å². The highest BCUT2D eigenvalue weighted by molar-refractivity contribution is 5.95. The van der Waals surface area contributed by atoms with E-state index in [1.807, 2.05) is 31.2 Å². The topological polar surface area (TPSA) is 38.3 Å². The summed E-state index contributed by atoms with van der Waals surface area (Å²) in [4.78, 5) is 13.7. The number of fused-ring (bicyclic) bond motifs is 1. The lowest BCUT2D eigenvalue weighted by Crippen LogP contribution is -2.45. The molecule has 2 atom stereocenters. The van der Waals surface area contributed by atoms with E-state index in [1.54, 1.807) is 0 Å². The van der Waals surface area contributed by atoms with Crippen LogP contribution >= 0.6 is 0 Å². The van der Waals surface area contributed by atoms with E-state index in [4.69, 9.17) is 4.74 Å². The molecule has 0 aromatic heterocycles. The van der Waals surface area contributed by atoms with Gasteiger partial charge in [-0.3, -0.25) is 4.79 Å². The number of hydrogen-bond acceptors (Lipinski definition) is 2. The third-order valence-electron chi connectivity index (χ3n) is 6.94. The Bertz CT molecular complexity index is 1040. The fourth-order valence-electron chi connectivity index (χ4n) is 5.84. The van der Waals surface area contributed by atoms with Crippen molar-refractivity contribution >= 4 is 11.6 Å². The third-order valence-corrected chi connectivity index (χ3v) is 6.94. The van der Waals surface area contributed by atoms with Gasteiger partial charge in [0.25, 0.3) is 0 Å². The second kappa shape index (κ2) is 8.22. The zero-order valence-corrected chi connectivity index (χ0v) is 18.2. The van der Waals surface area contributed by atoms with Crippen LogP contribution in [-0.4, -0.2) is 12.5 Å². The molecular weight excluding hydrogens is 382 g/mol. The number of carbonyl (C=O) groups excluding carboxylic acids is 1. The highest BCUT2D eigenvalue weighted by atomic mass is 16.5. The molecule has 3 aliphatic carbocycles. The molecule has 0 aliphatic heterocycles. The van der Waals surface area contributed by atoms with Gasteiger partial charge in [0.1, 0.15) is 5.75 Å². The Balaban J connectivity index is 1.54. The first-order valence-electron chi connectivity index (χ1n) is 11.4. The summed E-state index contributed by atoms with van der Waals surface area (Å²) in [6.45, 7) is 4.83. The molecule has 2 bridgehead atoms. The number of ether oxygens (including phenoxy) is 1. The van der Waals surface area contributed by atoms with Gasteiger partial charge in [-0.25, -0.2) is 0 Å². The first kappa shape index (κ1) is 19.9. The van der Waals surface area contributed by atoms with Gasteiger partial charge in [0.2, 0.25) is 5.91 Å². The van der Waals surface area contributed by atoms with Crippen molar-refractivity contribution in [2.45, 2.75) is 38.5 Å². The summed E-state index contributed by atoms with van der Waals surface area (Å²) in [5.41, 5.74) is 6.30. The second-order valence-corrected chi connectivity index (χ2v) is 8.64. The van der Waals surface area contributed by atoms with Crippen LogP contribution in [0.4, 0.5) is 5.69 Å². The maximum atomic E-state index is 13.7. The smallest absolute Gasteiger partial charge is 0.228 e. The largest absolute Gasteiger partial charge is 0.494 e. The molecule has 158 valence electrons. The lowest BCUT2D eigenvalue weighted by Gasteiger charge is -2.50. The van der Waals surface area contributed by atoms with Crippen LogP contribution in [0.5, 0.6) is 5.75 Å². The number of rotatable bonds is 6. The van der Waals surface area contributed by atoms with Crippen molar-refractivity contribution in [1.82, 2.24) is 0 Å². The summed E-state index contributed by atoms with van der Waals surface area (Å²) in [6, 6.07) is 25.2. The predicted molar refractivity (Wildman–Crippen MR) is 125 cm³/mol. The average molecular weight is 412 g/mol. The van der Waals surface area contributed by atoms with Crippen molar-refractivity contribution in [3.63, 3.8) is 0 Å². The van der Waals surface area contributed by atoms with Gasteiger partial charge < -0.3 is 10.1 Å². The highest BCUT2D eigenvalue weighted by Gasteiger charge is 2.51. The lowest BCUT2D eigenvalue weighted by atomic mass is 9.53. The Morgan fingerprint density at radius 1 is 0.806 bits per heavy atom. The lowest BCUT2D eigenvalue weighted by molar-refractivity contribution is -0.123. The SMILES string of the molecule is CCCC1C2c3ccccc3C(c3ccccc32)C1C(=O)Nc1ccc(OCC)cc1. The standard InChI is InChI=1S/C28H29NO2/c1-3-9-24-25-20-10-5-7-12-22(20)26(23-13-8-6-11-21(23)25)27(24)28(30)29-18-14-16-19(17-15-18)31-4-2/h5-8,10-17,24-27H,3-4,9H2,1-2H3,(H,29,30). The van der Waals surface area contributed by atoms with E-state index in [0.29, 0.717) is 12.5 Å². The van der Waals surface area contributed by atoms with Gasteiger partial charge in [-0.2, -0.15) is 0 Å². The second-order valence-electron chi connectivity index (χ2n) is 8.64. The normalized spacial score (nSPS) is 23.0. The summed E-state index contributed by atoms with van der Waals surface area (Å²) in [6.07, 6.45) is 2.12. The van der Waals surface area contributed by atoms with Crippen LogP contribution in [0.15, 0.2) is 72.8 Å². The Labute approximate surface area is 184 Å². The van der Waals surface area contributed by atoms with Gasteiger partial charge in [0.15, 0.2) is 0 Å². The summed E-state index contributed by atoms with van der Waals surface area (Å²) >= 11 is 0. The summed E-state index contributed by atoms with van der Waals surface area (Å²) in [7, 11) is 0. The molecule has 3 aromatic carbocycles. The third kappa shape index (κ3) is 3.33. The van der Waals surface area contributed by atoms with Crippen LogP contribution < -0.4 is 10.1 Å². The molecule has 2 unspecified atom stereocenters. The minimum absolute atomic E-state index is 0.0682. The first-order chi connectivity index (χ1) is 15.2. The van der Waals surface area contributed by atoms with E-state index in [2.05, 4.69) is 60.8 Å². The Morgan fingerprint density at radius 3 is 1.87 bits per heavy atom. The first-order valence-corrected chi connectivity index (χ1v) is 11.4. The van der Waals surface area contributed by atoms with Gasteiger partial charge in [-0.15, -0.1) is 0 Å². The van der Waals surface area contributed by atoms with Gasteiger partial charge in [-0.1, -0.05) is 61.9 Å². The number of anilines is 1. The Kier molecular flexibility index (Phi) is 5.27. The van der Waals surface area contributed by atoms with Crippen molar-refractivity contribution in [2.24, 2.45) is 11.8 Å². The molecular formula is C28H29NO2. The van der Waals surface area contributed by atoms with Crippen LogP contribution in [0, 0.1) is 11.8 Å². The van der Waals surface area contributed by atoms with Crippen molar-refractivity contribution < 1.29 is 9.53 Å². The van der Waals surface area contributed by atoms with Crippen LogP contribution in [0.3, 0.4) is 0 Å². The van der Waals surface area contributed by atoms with Crippen molar-refractivity contribution in [1.29, 1.82) is 0 Å². The average Bonchev–Trinajstić information content (AvgIpc) is 2.80. The van der Waals surface area contributed by atoms with Crippen molar-refractivity contribution in [3.05, 3.63) is 95.1 Å². The monoisotopic (exact) mass is 411 g/mol. The molecule has 0 saturated heterocycles. The van der Waals surface area contributed by atoms with Gasteiger partial charge in [-0.05, 0) is 65.8 Å². The molecule has 0 spiro atoms. The minimum Gasteiger partial charge on any atom is -0.494 e. The Morgan fingerprint density at radius 2 is 1.35 bits per heavy atom. The van der Waals surface area contributed by atoms with E-state index >= 15 is 0 Å². The number of benzene rings is 3. The number of nitrogens with one attached hydrogen (secondary N) is 1. The Hall–Kier alpha value is -3.07. The maximum Gasteiger partial charge on any atom is 0.228 e. The number of amides is 1. The van der Waals surface area contributed by atoms with Gasteiger partial charge >= 0.3 is 0 Å². The van der Waals surface area contributed by atoms with Gasteiger partial charge in [0, 0.05) is 17.5 Å². The van der Waals surface area contributed by atoms with E-state index in [-0.39, 0.29) is 23.7 Å². The predicted octanol–water partition coefficient (Wildman–Crippen LogP) is 6.35. The maximum absolute atomic E-state index is 13.7. The van der Waals surface area contributed by atoms with Crippen molar-refractivity contribution in [3.8, 4) is 5.75 Å². The number of carbonyl (C=O) groups is 1. The minimum atomic E-state index is -0.0682. The quantitative estimate of drug-likeness (QED) is 0.513. The zero-order chi connectivity index (χ0) is 21.4. The summed E-state index contributed by atoms with van der Waals surface area (Å²) in [5.74, 6) is 1.58. The van der Waals surface area contributed by atoms with E-state index in [1.165, 1.54) is 22.3 Å². The summed E-state index contributed by atoms with van der Waals surface area (Å²) in [5, 5.41) is 3.22. The fourth-order valence-corrected chi connectivity index (χ4v) is 5.84.